The number of aliphatic hydroxyl groups is 1. The molecule has 2 N–H and O–H groups in total. The Kier molecular flexibility index (Phi) is 5.21. The van der Waals surface area contributed by atoms with Gasteiger partial charge in [0.05, 0.1) is 6.61 Å². The highest BCUT2D eigenvalue weighted by molar-refractivity contribution is 5.40. The minimum absolute atomic E-state index is 0.143. The van der Waals surface area contributed by atoms with Crippen molar-refractivity contribution in [3.63, 3.8) is 0 Å². The lowest BCUT2D eigenvalue weighted by atomic mass is 10.1. The third-order valence-electron chi connectivity index (χ3n) is 4.11. The van der Waals surface area contributed by atoms with Crippen molar-refractivity contribution in [3.05, 3.63) is 53.3 Å². The first-order valence-electron chi connectivity index (χ1n) is 7.62. The lowest BCUT2D eigenvalue weighted by molar-refractivity contribution is 0.210. The number of rotatable bonds is 6. The highest BCUT2D eigenvalue weighted by Gasteiger charge is 2.14. The van der Waals surface area contributed by atoms with Gasteiger partial charge in [-0.15, -0.1) is 0 Å². The number of aryl methyl sites for hydroxylation is 1. The molecule has 1 heterocycles. The maximum Gasteiger partial charge on any atom is 0.0587 e. The van der Waals surface area contributed by atoms with Gasteiger partial charge in [-0.25, -0.2) is 0 Å². The minimum atomic E-state index is 0.143. The molecule has 0 spiro atoms. The Hall–Kier alpha value is -1.58. The number of hydrogen-bond acceptors (Lipinski definition) is 2. The fourth-order valence-corrected chi connectivity index (χ4v) is 2.73. The van der Waals surface area contributed by atoms with Crippen LogP contribution in [-0.4, -0.2) is 22.3 Å². The highest BCUT2D eigenvalue weighted by atomic mass is 16.3. The number of para-hydroxylation sites is 1. The summed E-state index contributed by atoms with van der Waals surface area (Å²) in [6, 6.07) is 12.8. The summed E-state index contributed by atoms with van der Waals surface area (Å²) in [5.74, 6) is 0.424. The van der Waals surface area contributed by atoms with Crippen molar-refractivity contribution in [2.45, 2.75) is 40.3 Å². The number of hydrogen-bond donors (Lipinski definition) is 2. The van der Waals surface area contributed by atoms with Gasteiger partial charge in [0.2, 0.25) is 0 Å². The van der Waals surface area contributed by atoms with Crippen LogP contribution in [0, 0.1) is 19.8 Å². The SMILES string of the molecule is Cc1cc(CN[C@H](CO)C(C)C)c(C)n1-c1ccccc1. The predicted molar refractivity (Wildman–Crippen MR) is 87.8 cm³/mol. The third-order valence-corrected chi connectivity index (χ3v) is 4.11. The van der Waals surface area contributed by atoms with Crippen molar-refractivity contribution in [1.82, 2.24) is 9.88 Å². The van der Waals surface area contributed by atoms with Crippen LogP contribution in [0.2, 0.25) is 0 Å². The Bertz CT molecular complexity index is 572. The van der Waals surface area contributed by atoms with Gasteiger partial charge in [0.15, 0.2) is 0 Å². The average Bonchev–Trinajstić information content (AvgIpc) is 2.75. The van der Waals surface area contributed by atoms with E-state index in [0.29, 0.717) is 5.92 Å². The van der Waals surface area contributed by atoms with E-state index in [0.717, 1.165) is 6.54 Å². The van der Waals surface area contributed by atoms with E-state index in [1.54, 1.807) is 0 Å². The Balaban J connectivity index is 2.20. The third kappa shape index (κ3) is 3.55. The molecule has 0 bridgehead atoms. The first-order valence-corrected chi connectivity index (χ1v) is 7.62. The number of nitrogens with one attached hydrogen (secondary N) is 1. The van der Waals surface area contributed by atoms with Gasteiger partial charge in [0.25, 0.3) is 0 Å². The van der Waals surface area contributed by atoms with E-state index < -0.39 is 0 Å². The average molecular weight is 286 g/mol. The molecule has 1 aromatic carbocycles. The van der Waals surface area contributed by atoms with E-state index in [1.807, 2.05) is 6.07 Å². The lowest BCUT2D eigenvalue weighted by Crippen LogP contribution is -2.36. The molecule has 21 heavy (non-hydrogen) atoms. The second-order valence-corrected chi connectivity index (χ2v) is 5.98. The molecular formula is C18H26N2O. The van der Waals surface area contributed by atoms with Gasteiger partial charge in [-0.05, 0) is 43.5 Å². The molecule has 3 nitrogen and oxygen atoms in total. The summed E-state index contributed by atoms with van der Waals surface area (Å²) in [5.41, 5.74) is 4.98. The molecule has 1 atom stereocenters. The van der Waals surface area contributed by atoms with Gasteiger partial charge < -0.3 is 15.0 Å². The van der Waals surface area contributed by atoms with E-state index in [2.05, 4.69) is 67.9 Å². The standard InChI is InChI=1S/C18H26N2O/c1-13(2)18(12-21)19-11-16-10-14(3)20(15(16)4)17-8-6-5-7-9-17/h5-10,13,18-19,21H,11-12H2,1-4H3/t18-/m1/s1. The maximum absolute atomic E-state index is 9.41. The largest absolute Gasteiger partial charge is 0.395 e. The van der Waals surface area contributed by atoms with Crippen LogP contribution in [0.25, 0.3) is 5.69 Å². The maximum atomic E-state index is 9.41. The molecule has 0 aliphatic carbocycles. The van der Waals surface area contributed by atoms with Crippen LogP contribution >= 0.6 is 0 Å². The first-order chi connectivity index (χ1) is 10.0. The summed E-state index contributed by atoms with van der Waals surface area (Å²) in [6.45, 7) is 9.50. The molecular weight excluding hydrogens is 260 g/mol. The molecule has 1 aromatic heterocycles. The van der Waals surface area contributed by atoms with Crippen molar-refractivity contribution >= 4 is 0 Å². The van der Waals surface area contributed by atoms with Crippen molar-refractivity contribution in [3.8, 4) is 5.69 Å². The number of benzene rings is 1. The highest BCUT2D eigenvalue weighted by Crippen LogP contribution is 2.20. The lowest BCUT2D eigenvalue weighted by Gasteiger charge is -2.20. The molecule has 2 rings (SSSR count). The molecule has 0 aliphatic heterocycles. The molecule has 0 fully saturated rings. The van der Waals surface area contributed by atoms with Gasteiger partial charge in [-0.1, -0.05) is 32.0 Å². The quantitative estimate of drug-likeness (QED) is 0.855. The zero-order valence-corrected chi connectivity index (χ0v) is 13.4. The summed E-state index contributed by atoms with van der Waals surface area (Å²) < 4.78 is 2.28. The topological polar surface area (TPSA) is 37.2 Å². The number of aliphatic hydroxyl groups excluding tert-OH is 1. The Morgan fingerprint density at radius 3 is 2.38 bits per heavy atom. The van der Waals surface area contributed by atoms with Gasteiger partial charge in [-0.2, -0.15) is 0 Å². The normalized spacial score (nSPS) is 12.9. The predicted octanol–water partition coefficient (Wildman–Crippen LogP) is 3.20. The molecule has 0 saturated carbocycles. The van der Waals surface area contributed by atoms with Crippen molar-refractivity contribution in [2.75, 3.05) is 6.61 Å². The van der Waals surface area contributed by atoms with Crippen LogP contribution in [0.5, 0.6) is 0 Å². The van der Waals surface area contributed by atoms with E-state index in [4.69, 9.17) is 0 Å². The molecule has 0 saturated heterocycles. The Labute approximate surface area is 127 Å². The Morgan fingerprint density at radius 2 is 1.81 bits per heavy atom. The fourth-order valence-electron chi connectivity index (χ4n) is 2.73. The van der Waals surface area contributed by atoms with E-state index >= 15 is 0 Å². The van der Waals surface area contributed by atoms with Crippen LogP contribution in [0.1, 0.15) is 30.8 Å². The molecule has 2 aromatic rings. The number of aromatic nitrogens is 1. The zero-order valence-electron chi connectivity index (χ0n) is 13.4. The van der Waals surface area contributed by atoms with Crippen LogP contribution in [0.4, 0.5) is 0 Å². The summed E-state index contributed by atoms with van der Waals surface area (Å²) in [5, 5.41) is 12.9. The molecule has 0 unspecified atom stereocenters. The van der Waals surface area contributed by atoms with Crippen molar-refractivity contribution in [1.29, 1.82) is 0 Å². The van der Waals surface area contributed by atoms with Gasteiger partial charge in [0.1, 0.15) is 0 Å². The summed E-state index contributed by atoms with van der Waals surface area (Å²) in [4.78, 5) is 0. The molecule has 0 radical (unpaired) electrons. The Morgan fingerprint density at radius 1 is 1.14 bits per heavy atom. The van der Waals surface area contributed by atoms with E-state index in [9.17, 15) is 5.11 Å². The summed E-state index contributed by atoms with van der Waals surface area (Å²) >= 11 is 0. The smallest absolute Gasteiger partial charge is 0.0587 e. The van der Waals surface area contributed by atoms with Gasteiger partial charge in [-0.3, -0.25) is 0 Å². The second kappa shape index (κ2) is 6.92. The summed E-state index contributed by atoms with van der Waals surface area (Å²) in [6.07, 6.45) is 0. The van der Waals surface area contributed by atoms with Crippen LogP contribution in [0.15, 0.2) is 36.4 Å². The molecule has 0 amide bonds. The van der Waals surface area contributed by atoms with Crippen molar-refractivity contribution in [2.24, 2.45) is 5.92 Å². The fraction of sp³-hybridized carbons (Fsp3) is 0.444. The van der Waals surface area contributed by atoms with Crippen LogP contribution < -0.4 is 5.32 Å². The number of nitrogens with zero attached hydrogens (tertiary/aromatic N) is 1. The second-order valence-electron chi connectivity index (χ2n) is 5.98. The van der Waals surface area contributed by atoms with Gasteiger partial charge in [0, 0.05) is 29.7 Å². The molecule has 114 valence electrons. The van der Waals surface area contributed by atoms with Crippen LogP contribution in [-0.2, 0) is 6.54 Å². The monoisotopic (exact) mass is 286 g/mol. The molecule has 0 aliphatic rings. The van der Waals surface area contributed by atoms with Gasteiger partial charge >= 0.3 is 0 Å². The minimum Gasteiger partial charge on any atom is -0.395 e. The van der Waals surface area contributed by atoms with E-state index in [-0.39, 0.29) is 12.6 Å². The molecule has 3 heteroatoms. The van der Waals surface area contributed by atoms with E-state index in [1.165, 1.54) is 22.6 Å². The van der Waals surface area contributed by atoms with Crippen molar-refractivity contribution < 1.29 is 5.11 Å². The zero-order chi connectivity index (χ0) is 15.4. The first kappa shape index (κ1) is 15.8. The summed E-state index contributed by atoms with van der Waals surface area (Å²) in [7, 11) is 0. The van der Waals surface area contributed by atoms with Crippen LogP contribution in [0.3, 0.4) is 0 Å².